The van der Waals surface area contributed by atoms with E-state index in [1.165, 1.54) is 16.4 Å². The van der Waals surface area contributed by atoms with Crippen LogP contribution >= 0.6 is 0 Å². The Morgan fingerprint density at radius 3 is 2.61 bits per heavy atom. The molecular formula is C12H14N2O3S. The summed E-state index contributed by atoms with van der Waals surface area (Å²) in [5, 5.41) is 18.8. The number of benzene rings is 1. The molecule has 0 aliphatic carbocycles. The summed E-state index contributed by atoms with van der Waals surface area (Å²) in [5.74, 6) is 0. The molecule has 0 radical (unpaired) electrons. The van der Waals surface area contributed by atoms with Gasteiger partial charge in [-0.05, 0) is 18.6 Å². The molecule has 0 aromatic heterocycles. The molecule has 1 saturated heterocycles. The van der Waals surface area contributed by atoms with E-state index in [0.29, 0.717) is 6.42 Å². The standard InChI is InChI=1S/C12H14N2O3S/c1-2-12(15)8-14(9-12)18(16,17)11-6-4-3-5-10(11)7-13/h3-6,15H,2,8-9H2,1H3. The Labute approximate surface area is 106 Å². The molecule has 1 N–H and O–H groups in total. The van der Waals surface area contributed by atoms with Gasteiger partial charge in [0, 0.05) is 13.1 Å². The van der Waals surface area contributed by atoms with Gasteiger partial charge in [0.1, 0.15) is 6.07 Å². The smallest absolute Gasteiger partial charge is 0.244 e. The second-order valence-electron chi connectivity index (χ2n) is 4.46. The Morgan fingerprint density at radius 1 is 1.44 bits per heavy atom. The van der Waals surface area contributed by atoms with Gasteiger partial charge in [0.2, 0.25) is 10.0 Å². The summed E-state index contributed by atoms with van der Waals surface area (Å²) in [6.45, 7) is 1.99. The molecule has 18 heavy (non-hydrogen) atoms. The van der Waals surface area contributed by atoms with Crippen LogP contribution in [0.1, 0.15) is 18.9 Å². The van der Waals surface area contributed by atoms with Crippen LogP contribution in [0.5, 0.6) is 0 Å². The molecule has 0 bridgehead atoms. The zero-order valence-corrected chi connectivity index (χ0v) is 10.8. The molecule has 1 aliphatic heterocycles. The lowest BCUT2D eigenvalue weighted by Gasteiger charge is -2.44. The van der Waals surface area contributed by atoms with Crippen molar-refractivity contribution in [3.8, 4) is 6.07 Å². The van der Waals surface area contributed by atoms with Gasteiger partial charge >= 0.3 is 0 Å². The first-order valence-corrected chi connectivity index (χ1v) is 7.08. The van der Waals surface area contributed by atoms with Crippen LogP contribution in [0.4, 0.5) is 0 Å². The number of nitrogens with zero attached hydrogens (tertiary/aromatic N) is 2. The third kappa shape index (κ3) is 2.01. The van der Waals surface area contributed by atoms with Crippen LogP contribution in [0.25, 0.3) is 0 Å². The number of sulfonamides is 1. The molecule has 1 aromatic rings. The monoisotopic (exact) mass is 266 g/mol. The highest BCUT2D eigenvalue weighted by atomic mass is 32.2. The normalized spacial score (nSPS) is 18.9. The highest BCUT2D eigenvalue weighted by Gasteiger charge is 2.46. The molecule has 6 heteroatoms. The minimum atomic E-state index is -3.68. The Hall–Kier alpha value is -1.42. The molecule has 1 aromatic carbocycles. The van der Waals surface area contributed by atoms with Gasteiger partial charge in [0.25, 0.3) is 0 Å². The van der Waals surface area contributed by atoms with Crippen LogP contribution in [-0.4, -0.2) is 36.5 Å². The fourth-order valence-corrected chi connectivity index (χ4v) is 3.67. The predicted molar refractivity (Wildman–Crippen MR) is 65.2 cm³/mol. The van der Waals surface area contributed by atoms with E-state index in [1.807, 2.05) is 13.0 Å². The maximum Gasteiger partial charge on any atom is 0.244 e. The average molecular weight is 266 g/mol. The molecule has 5 nitrogen and oxygen atoms in total. The van der Waals surface area contributed by atoms with Gasteiger partial charge in [-0.2, -0.15) is 9.57 Å². The van der Waals surface area contributed by atoms with Crippen molar-refractivity contribution >= 4 is 10.0 Å². The fourth-order valence-electron chi connectivity index (χ4n) is 1.93. The van der Waals surface area contributed by atoms with Gasteiger partial charge in [-0.1, -0.05) is 19.1 Å². The van der Waals surface area contributed by atoms with Gasteiger partial charge in [0.05, 0.1) is 16.1 Å². The molecule has 1 fully saturated rings. The zero-order chi connectivity index (χ0) is 13.4. The maximum absolute atomic E-state index is 12.3. The lowest BCUT2D eigenvalue weighted by atomic mass is 9.94. The van der Waals surface area contributed by atoms with Crippen molar-refractivity contribution in [1.82, 2.24) is 4.31 Å². The molecule has 0 spiro atoms. The lowest BCUT2D eigenvalue weighted by Crippen LogP contribution is -2.62. The molecule has 0 saturated carbocycles. The van der Waals surface area contributed by atoms with Crippen molar-refractivity contribution in [2.24, 2.45) is 0 Å². The summed E-state index contributed by atoms with van der Waals surface area (Å²) in [7, 11) is -3.68. The van der Waals surface area contributed by atoms with Crippen molar-refractivity contribution in [2.75, 3.05) is 13.1 Å². The number of β-amino-alcohol motifs (C(OH)–C–C–N with tert-alkyl or cyclic N) is 1. The van der Waals surface area contributed by atoms with Crippen LogP contribution in [-0.2, 0) is 10.0 Å². The van der Waals surface area contributed by atoms with Crippen molar-refractivity contribution in [3.63, 3.8) is 0 Å². The molecule has 1 aliphatic rings. The van der Waals surface area contributed by atoms with E-state index in [0.717, 1.165) is 0 Å². The highest BCUT2D eigenvalue weighted by Crippen LogP contribution is 2.31. The molecular weight excluding hydrogens is 252 g/mol. The van der Waals surface area contributed by atoms with Crippen LogP contribution in [0.3, 0.4) is 0 Å². The molecule has 96 valence electrons. The van der Waals surface area contributed by atoms with Gasteiger partial charge in [-0.15, -0.1) is 0 Å². The Morgan fingerprint density at radius 2 is 2.06 bits per heavy atom. The molecule has 1 heterocycles. The van der Waals surface area contributed by atoms with Crippen LogP contribution in [0.2, 0.25) is 0 Å². The molecule has 2 rings (SSSR count). The summed E-state index contributed by atoms with van der Waals surface area (Å²) in [4.78, 5) is 0.00523. The zero-order valence-electron chi connectivity index (χ0n) is 10.00. The van der Waals surface area contributed by atoms with E-state index in [-0.39, 0.29) is 23.5 Å². The van der Waals surface area contributed by atoms with Crippen LogP contribution in [0.15, 0.2) is 29.2 Å². The summed E-state index contributed by atoms with van der Waals surface area (Å²) < 4.78 is 25.7. The first-order chi connectivity index (χ1) is 8.43. The number of nitriles is 1. The summed E-state index contributed by atoms with van der Waals surface area (Å²) >= 11 is 0. The highest BCUT2D eigenvalue weighted by molar-refractivity contribution is 7.89. The van der Waals surface area contributed by atoms with Crippen LogP contribution < -0.4 is 0 Å². The molecule has 0 atom stereocenters. The molecule has 0 amide bonds. The number of hydrogen-bond acceptors (Lipinski definition) is 4. The largest absolute Gasteiger partial charge is 0.387 e. The Kier molecular flexibility index (Phi) is 3.15. The van der Waals surface area contributed by atoms with Crippen LogP contribution in [0, 0.1) is 11.3 Å². The first kappa shape index (κ1) is 13.0. The van der Waals surface area contributed by atoms with Crippen molar-refractivity contribution in [1.29, 1.82) is 5.26 Å². The summed E-state index contributed by atoms with van der Waals surface area (Å²) in [6.07, 6.45) is 0.513. The van der Waals surface area contributed by atoms with E-state index in [1.54, 1.807) is 12.1 Å². The van der Waals surface area contributed by atoms with Crippen molar-refractivity contribution in [3.05, 3.63) is 29.8 Å². The SMILES string of the molecule is CCC1(O)CN(S(=O)(=O)c2ccccc2C#N)C1. The van der Waals surface area contributed by atoms with E-state index in [9.17, 15) is 13.5 Å². The van der Waals surface area contributed by atoms with Gasteiger partial charge in [0.15, 0.2) is 0 Å². The molecule has 0 unspecified atom stereocenters. The first-order valence-electron chi connectivity index (χ1n) is 5.64. The number of hydrogen-bond donors (Lipinski definition) is 1. The number of rotatable bonds is 3. The fraction of sp³-hybridized carbons (Fsp3) is 0.417. The van der Waals surface area contributed by atoms with Gasteiger partial charge in [-0.25, -0.2) is 8.42 Å². The van der Waals surface area contributed by atoms with E-state index in [2.05, 4.69) is 0 Å². The van der Waals surface area contributed by atoms with E-state index >= 15 is 0 Å². The van der Waals surface area contributed by atoms with Gasteiger partial charge in [-0.3, -0.25) is 0 Å². The summed E-state index contributed by atoms with van der Waals surface area (Å²) in [6, 6.07) is 7.96. The third-order valence-corrected chi connectivity index (χ3v) is 5.07. The Bertz CT molecular complexity index is 598. The lowest BCUT2D eigenvalue weighted by molar-refractivity contribution is -0.0613. The Balaban J connectivity index is 2.32. The quantitative estimate of drug-likeness (QED) is 0.873. The van der Waals surface area contributed by atoms with E-state index < -0.39 is 15.6 Å². The second kappa shape index (κ2) is 4.35. The predicted octanol–water partition coefficient (Wildman–Crippen LogP) is 0.704. The topological polar surface area (TPSA) is 81.4 Å². The van der Waals surface area contributed by atoms with E-state index in [4.69, 9.17) is 5.26 Å². The second-order valence-corrected chi connectivity index (χ2v) is 6.37. The van der Waals surface area contributed by atoms with Crippen molar-refractivity contribution < 1.29 is 13.5 Å². The average Bonchev–Trinajstić information content (AvgIpc) is 2.34. The minimum absolute atomic E-state index is 0.00523. The maximum atomic E-state index is 12.3. The van der Waals surface area contributed by atoms with Crippen molar-refractivity contribution in [2.45, 2.75) is 23.8 Å². The van der Waals surface area contributed by atoms with Gasteiger partial charge < -0.3 is 5.11 Å². The number of aliphatic hydroxyl groups is 1. The third-order valence-electron chi connectivity index (χ3n) is 3.22. The summed E-state index contributed by atoms with van der Waals surface area (Å²) in [5.41, 5.74) is -0.793. The minimum Gasteiger partial charge on any atom is -0.387 e.